The fourth-order valence-corrected chi connectivity index (χ4v) is 3.70. The predicted octanol–water partition coefficient (Wildman–Crippen LogP) is 5.40. The molecule has 0 aliphatic heterocycles. The quantitative estimate of drug-likeness (QED) is 0.344. The minimum atomic E-state index is -0.369. The lowest BCUT2D eigenvalue weighted by Gasteiger charge is -2.11. The van der Waals surface area contributed by atoms with Crippen molar-refractivity contribution in [3.8, 4) is 22.6 Å². The van der Waals surface area contributed by atoms with Gasteiger partial charge >= 0.3 is 0 Å². The van der Waals surface area contributed by atoms with E-state index in [1.165, 1.54) is 18.1 Å². The molecule has 0 bridgehead atoms. The molecular weight excluding hydrogens is 453 g/mol. The molecule has 0 saturated carbocycles. The lowest BCUT2D eigenvalue weighted by molar-refractivity contribution is 0.102. The van der Waals surface area contributed by atoms with E-state index >= 15 is 0 Å². The predicted molar refractivity (Wildman–Crippen MR) is 129 cm³/mol. The van der Waals surface area contributed by atoms with Crippen molar-refractivity contribution in [2.24, 2.45) is 0 Å². The first-order chi connectivity index (χ1) is 16.5. The van der Waals surface area contributed by atoms with Gasteiger partial charge in [0.1, 0.15) is 23.6 Å². The number of halogens is 1. The van der Waals surface area contributed by atoms with Gasteiger partial charge in [0.05, 0.1) is 18.2 Å². The van der Waals surface area contributed by atoms with E-state index in [1.807, 2.05) is 43.8 Å². The fraction of sp³-hybridized carbons (Fsp3) is 0.120. The number of rotatable bonds is 5. The van der Waals surface area contributed by atoms with Crippen molar-refractivity contribution in [1.29, 1.82) is 0 Å². The van der Waals surface area contributed by atoms with Crippen molar-refractivity contribution in [3.05, 3.63) is 101 Å². The summed E-state index contributed by atoms with van der Waals surface area (Å²) in [7, 11) is 1.51. The molecule has 0 spiro atoms. The van der Waals surface area contributed by atoms with Gasteiger partial charge < -0.3 is 14.3 Å². The van der Waals surface area contributed by atoms with Crippen LogP contribution in [-0.4, -0.2) is 37.4 Å². The Morgan fingerprint density at radius 1 is 1.12 bits per heavy atom. The van der Waals surface area contributed by atoms with Crippen LogP contribution in [-0.2, 0) is 0 Å². The molecule has 9 heteroatoms. The molecule has 0 saturated heterocycles. The topological polar surface area (TPSA) is 85.7 Å². The van der Waals surface area contributed by atoms with Gasteiger partial charge in [0.2, 0.25) is 5.78 Å². The first-order valence-electron chi connectivity index (χ1n) is 10.3. The number of imidazole rings is 2. The number of methoxy groups -OCH3 is 1. The molecule has 2 aromatic carbocycles. The molecule has 0 radical (unpaired) electrons. The molecule has 0 atom stereocenters. The van der Waals surface area contributed by atoms with Crippen molar-refractivity contribution in [2.45, 2.75) is 13.8 Å². The number of benzene rings is 2. The van der Waals surface area contributed by atoms with Crippen molar-refractivity contribution in [1.82, 2.24) is 24.5 Å². The molecule has 0 aliphatic rings. The Balaban J connectivity index is 0.000000398. The molecule has 5 rings (SSSR count). The van der Waals surface area contributed by atoms with E-state index in [1.54, 1.807) is 52.8 Å². The maximum Gasteiger partial charge on any atom is 0.248 e. The van der Waals surface area contributed by atoms with Crippen LogP contribution in [0.15, 0.2) is 72.9 Å². The summed E-state index contributed by atoms with van der Waals surface area (Å²) in [6, 6.07) is 12.0. The Hall–Kier alpha value is -4.11. The van der Waals surface area contributed by atoms with Gasteiger partial charge in [-0.05, 0) is 43.7 Å². The van der Waals surface area contributed by atoms with Gasteiger partial charge in [-0.1, -0.05) is 18.2 Å². The lowest BCUT2D eigenvalue weighted by atomic mass is 10.0. The van der Waals surface area contributed by atoms with Gasteiger partial charge in [-0.3, -0.25) is 9.78 Å². The van der Waals surface area contributed by atoms with Gasteiger partial charge in [0.25, 0.3) is 0 Å². The van der Waals surface area contributed by atoms with Gasteiger partial charge in [-0.2, -0.15) is 0 Å². The van der Waals surface area contributed by atoms with Gasteiger partial charge in [-0.25, -0.2) is 14.4 Å². The number of carbonyl (C=O) groups excluding carboxylic acids is 1. The molecule has 7 nitrogen and oxygen atoms in total. The molecule has 3 heterocycles. The number of aromatic amines is 1. The molecule has 172 valence electrons. The largest absolute Gasteiger partial charge is 0.496 e. The molecule has 5 aromatic rings. The van der Waals surface area contributed by atoms with Gasteiger partial charge in [-0.15, -0.1) is 11.3 Å². The minimum Gasteiger partial charge on any atom is -0.496 e. The van der Waals surface area contributed by atoms with E-state index in [2.05, 4.69) is 19.9 Å². The third kappa shape index (κ3) is 5.10. The van der Waals surface area contributed by atoms with E-state index < -0.39 is 0 Å². The van der Waals surface area contributed by atoms with Crippen LogP contribution in [0.25, 0.3) is 16.8 Å². The molecule has 1 N–H and O–H groups in total. The Kier molecular flexibility index (Phi) is 6.93. The molecule has 0 fully saturated rings. The molecule has 0 aliphatic carbocycles. The second kappa shape index (κ2) is 10.2. The maximum absolute atomic E-state index is 14.4. The van der Waals surface area contributed by atoms with Crippen LogP contribution in [0.4, 0.5) is 4.39 Å². The summed E-state index contributed by atoms with van der Waals surface area (Å²) in [6.07, 6.45) is 6.61. The summed E-state index contributed by atoms with van der Waals surface area (Å²) in [5, 5.41) is 0. The third-order valence-electron chi connectivity index (χ3n) is 4.92. The first kappa shape index (κ1) is 23.1. The highest BCUT2D eigenvalue weighted by molar-refractivity contribution is 7.09. The SMILES string of the molecule is COc1cccc(F)c1-c1cccc(-n2cnc(C(=O)c3ncc(C)[nH]3)c2)c1.Cc1cncs1. The van der Waals surface area contributed by atoms with E-state index in [0.717, 1.165) is 11.4 Å². The average Bonchev–Trinajstić information content (AvgIpc) is 3.61. The number of aromatic nitrogens is 5. The number of hydrogen-bond acceptors (Lipinski definition) is 6. The smallest absolute Gasteiger partial charge is 0.248 e. The van der Waals surface area contributed by atoms with Crippen LogP contribution < -0.4 is 4.74 Å². The number of carbonyl (C=O) groups is 1. The Bertz CT molecular complexity index is 1410. The second-order valence-corrected chi connectivity index (χ2v) is 8.48. The summed E-state index contributed by atoms with van der Waals surface area (Å²) in [4.78, 5) is 28.7. The molecule has 0 unspecified atom stereocenters. The summed E-state index contributed by atoms with van der Waals surface area (Å²) in [5.41, 5.74) is 4.68. The Morgan fingerprint density at radius 2 is 1.94 bits per heavy atom. The zero-order valence-electron chi connectivity index (χ0n) is 18.8. The highest BCUT2D eigenvalue weighted by Crippen LogP contribution is 2.33. The van der Waals surface area contributed by atoms with E-state index in [-0.39, 0.29) is 23.1 Å². The van der Waals surface area contributed by atoms with Crippen molar-refractivity contribution >= 4 is 17.1 Å². The van der Waals surface area contributed by atoms with Crippen molar-refractivity contribution in [2.75, 3.05) is 7.11 Å². The molecule has 3 aromatic heterocycles. The number of H-pyrrole nitrogens is 1. The number of ether oxygens (including phenoxy) is 1. The molecular formula is C25H22FN5O2S. The monoisotopic (exact) mass is 475 g/mol. The minimum absolute atomic E-state index is 0.243. The van der Waals surface area contributed by atoms with Crippen LogP contribution >= 0.6 is 11.3 Å². The zero-order valence-corrected chi connectivity index (χ0v) is 19.6. The van der Waals surface area contributed by atoms with Crippen LogP contribution in [0.2, 0.25) is 0 Å². The summed E-state index contributed by atoms with van der Waals surface area (Å²) >= 11 is 1.67. The lowest BCUT2D eigenvalue weighted by Crippen LogP contribution is -2.04. The average molecular weight is 476 g/mol. The first-order valence-corrected chi connectivity index (χ1v) is 11.2. The summed E-state index contributed by atoms with van der Waals surface area (Å²) in [5.74, 6) is 0.0318. The van der Waals surface area contributed by atoms with E-state index in [4.69, 9.17) is 4.74 Å². The highest BCUT2D eigenvalue weighted by atomic mass is 32.1. The highest BCUT2D eigenvalue weighted by Gasteiger charge is 2.16. The number of nitrogens with one attached hydrogen (secondary N) is 1. The number of ketones is 1. The van der Waals surface area contributed by atoms with Crippen LogP contribution in [0.5, 0.6) is 5.75 Å². The Labute approximate surface area is 199 Å². The normalized spacial score (nSPS) is 10.5. The second-order valence-electron chi connectivity index (χ2n) is 7.39. The standard InChI is InChI=1S/C21H17FN4O2.C4H5NS/c1-13-10-23-21(25-13)20(27)17-11-26(12-24-17)15-6-3-5-14(9-15)19-16(22)7-4-8-18(19)28-2;1-4-2-5-3-6-4/h3-12H,1-2H3,(H,23,25);2-3H,1H3. The number of thiazole rings is 1. The van der Waals surface area contributed by atoms with Crippen LogP contribution in [0.3, 0.4) is 0 Å². The Morgan fingerprint density at radius 3 is 2.59 bits per heavy atom. The van der Waals surface area contributed by atoms with Gasteiger partial charge in [0, 0.05) is 34.8 Å². The molecule has 34 heavy (non-hydrogen) atoms. The fourth-order valence-electron chi connectivity index (χ4n) is 3.29. The van der Waals surface area contributed by atoms with E-state index in [0.29, 0.717) is 16.9 Å². The number of aryl methyl sites for hydroxylation is 2. The summed E-state index contributed by atoms with van der Waals surface area (Å²) in [6.45, 7) is 3.86. The van der Waals surface area contributed by atoms with Crippen molar-refractivity contribution in [3.63, 3.8) is 0 Å². The van der Waals surface area contributed by atoms with Crippen LogP contribution in [0, 0.1) is 19.7 Å². The maximum atomic E-state index is 14.4. The van der Waals surface area contributed by atoms with Crippen molar-refractivity contribution < 1.29 is 13.9 Å². The van der Waals surface area contributed by atoms with Gasteiger partial charge in [0.15, 0.2) is 5.82 Å². The number of nitrogens with zero attached hydrogens (tertiary/aromatic N) is 4. The summed E-state index contributed by atoms with van der Waals surface area (Å²) < 4.78 is 21.4. The zero-order chi connectivity index (χ0) is 24.1. The number of hydrogen-bond donors (Lipinski definition) is 1. The van der Waals surface area contributed by atoms with Crippen LogP contribution in [0.1, 0.15) is 26.9 Å². The van der Waals surface area contributed by atoms with E-state index in [9.17, 15) is 9.18 Å². The third-order valence-corrected chi connectivity index (χ3v) is 5.62. The molecule has 0 amide bonds.